The Morgan fingerprint density at radius 2 is 1.75 bits per heavy atom. The van der Waals surface area contributed by atoms with Crippen LogP contribution in [0.5, 0.6) is 0 Å². The molecule has 1 N–H and O–H groups in total. The molecule has 8 heteroatoms. The van der Waals surface area contributed by atoms with E-state index in [1.54, 1.807) is 34.7 Å². The van der Waals surface area contributed by atoms with E-state index in [4.69, 9.17) is 21.3 Å². The summed E-state index contributed by atoms with van der Waals surface area (Å²) in [6.07, 6.45) is -0.0863. The van der Waals surface area contributed by atoms with Crippen molar-refractivity contribution in [3.63, 3.8) is 0 Å². The van der Waals surface area contributed by atoms with Crippen LogP contribution in [0.15, 0.2) is 0 Å². The van der Waals surface area contributed by atoms with Crippen LogP contribution in [-0.4, -0.2) is 53.4 Å². The van der Waals surface area contributed by atoms with E-state index in [2.05, 4.69) is 0 Å². The maximum absolute atomic E-state index is 12.4. The molecule has 0 spiro atoms. The predicted octanol–water partition coefficient (Wildman–Crippen LogP) is 2.62. The van der Waals surface area contributed by atoms with Gasteiger partial charge in [-0.1, -0.05) is 26.1 Å². The maximum Gasteiger partial charge on any atom is 0.337 e. The van der Waals surface area contributed by atoms with Gasteiger partial charge in [0.1, 0.15) is 12.2 Å². The lowest BCUT2D eigenvalue weighted by atomic mass is 10.0. The van der Waals surface area contributed by atoms with Gasteiger partial charge in [-0.25, -0.2) is 4.79 Å². The van der Waals surface area contributed by atoms with Gasteiger partial charge in [0, 0.05) is 7.05 Å². The van der Waals surface area contributed by atoms with Crippen LogP contribution < -0.4 is 0 Å². The Morgan fingerprint density at radius 3 is 2.05 bits per heavy atom. The van der Waals surface area contributed by atoms with Crippen molar-refractivity contribution < 1.29 is 23.5 Å². The molecule has 0 aliphatic heterocycles. The minimum absolute atomic E-state index is 0.0863. The van der Waals surface area contributed by atoms with E-state index in [-0.39, 0.29) is 30.3 Å². The van der Waals surface area contributed by atoms with Crippen molar-refractivity contribution in [2.45, 2.75) is 33.7 Å². The molecular weight excluding hydrogens is 301 g/mol. The van der Waals surface area contributed by atoms with Crippen LogP contribution in [0.3, 0.4) is 0 Å². The molecule has 1 unspecified atom stereocenters. The highest BCUT2D eigenvalue weighted by Gasteiger charge is 2.32. The van der Waals surface area contributed by atoms with Crippen molar-refractivity contribution in [3.05, 3.63) is 0 Å². The first-order valence-corrected chi connectivity index (χ1v) is 8.68. The smallest absolute Gasteiger partial charge is 0.337 e. The molecule has 0 saturated heterocycles. The zero-order valence-corrected chi connectivity index (χ0v) is 14.4. The third-order valence-electron chi connectivity index (χ3n) is 2.68. The van der Waals surface area contributed by atoms with Gasteiger partial charge in [0.15, 0.2) is 0 Å². The number of carbonyl (C=O) groups is 1. The van der Waals surface area contributed by atoms with Gasteiger partial charge in [0.25, 0.3) is 0 Å². The van der Waals surface area contributed by atoms with Crippen LogP contribution in [0.1, 0.15) is 27.7 Å². The largest absolute Gasteiger partial charge is 0.480 e. The molecule has 0 rings (SSSR count). The number of carboxylic acid groups (broad SMARTS) is 1. The Morgan fingerprint density at radius 1 is 1.30 bits per heavy atom. The minimum Gasteiger partial charge on any atom is -0.480 e. The lowest BCUT2D eigenvalue weighted by molar-refractivity contribution is -0.142. The summed E-state index contributed by atoms with van der Waals surface area (Å²) >= 11 is 5.20. The van der Waals surface area contributed by atoms with Crippen molar-refractivity contribution in [1.82, 2.24) is 4.90 Å². The van der Waals surface area contributed by atoms with Crippen LogP contribution in [0.2, 0.25) is 0 Å². The molecule has 0 bridgehead atoms. The molecule has 0 radical (unpaired) electrons. The SMILES string of the molecule is CCOP(=O)(CC(=S)N(C)C(C(=O)O)C(C)C)OCC. The van der Waals surface area contributed by atoms with Crippen molar-refractivity contribution in [3.8, 4) is 0 Å². The molecule has 0 aromatic carbocycles. The van der Waals surface area contributed by atoms with Crippen LogP contribution in [0.4, 0.5) is 0 Å². The van der Waals surface area contributed by atoms with Gasteiger partial charge in [-0.2, -0.15) is 0 Å². The van der Waals surface area contributed by atoms with E-state index in [0.29, 0.717) is 0 Å². The average molecular weight is 325 g/mol. The first-order chi connectivity index (χ1) is 9.18. The zero-order chi connectivity index (χ0) is 15.9. The lowest BCUT2D eigenvalue weighted by Gasteiger charge is -2.31. The van der Waals surface area contributed by atoms with Crippen molar-refractivity contribution in [1.29, 1.82) is 0 Å². The summed E-state index contributed by atoms with van der Waals surface area (Å²) in [5.41, 5.74) is 0. The molecule has 0 aliphatic carbocycles. The second-order valence-corrected chi connectivity index (χ2v) is 7.16. The predicted molar refractivity (Wildman–Crippen MR) is 82.3 cm³/mol. The number of carboxylic acids is 1. The van der Waals surface area contributed by atoms with Crippen molar-refractivity contribution in [2.24, 2.45) is 5.92 Å². The summed E-state index contributed by atoms with van der Waals surface area (Å²) in [5.74, 6) is -1.10. The number of hydrogen-bond donors (Lipinski definition) is 1. The minimum atomic E-state index is -3.31. The second-order valence-electron chi connectivity index (χ2n) is 4.64. The Kier molecular flexibility index (Phi) is 8.51. The van der Waals surface area contributed by atoms with Gasteiger partial charge < -0.3 is 19.1 Å². The highest BCUT2D eigenvalue weighted by Crippen LogP contribution is 2.48. The molecule has 0 amide bonds. The summed E-state index contributed by atoms with van der Waals surface area (Å²) in [6.45, 7) is 7.51. The quantitative estimate of drug-likeness (QED) is 0.516. The zero-order valence-electron chi connectivity index (χ0n) is 12.7. The number of aliphatic carboxylic acids is 1. The van der Waals surface area contributed by atoms with Crippen LogP contribution in [0.25, 0.3) is 0 Å². The fourth-order valence-electron chi connectivity index (χ4n) is 1.85. The Hall–Kier alpha value is -0.490. The Bertz CT molecular complexity index is 378. The van der Waals surface area contributed by atoms with Gasteiger partial charge in [-0.3, -0.25) is 4.57 Å². The molecule has 20 heavy (non-hydrogen) atoms. The van der Waals surface area contributed by atoms with E-state index < -0.39 is 19.6 Å². The number of hydrogen-bond acceptors (Lipinski definition) is 5. The molecule has 0 aromatic heterocycles. The van der Waals surface area contributed by atoms with Crippen LogP contribution in [0, 0.1) is 5.92 Å². The first-order valence-electron chi connectivity index (χ1n) is 6.55. The molecule has 6 nitrogen and oxygen atoms in total. The molecule has 0 saturated carbocycles. The van der Waals surface area contributed by atoms with Crippen molar-refractivity contribution in [2.75, 3.05) is 26.4 Å². The molecule has 0 heterocycles. The van der Waals surface area contributed by atoms with E-state index in [9.17, 15) is 14.5 Å². The normalized spacial score (nSPS) is 13.3. The fraction of sp³-hybridized carbons (Fsp3) is 0.833. The average Bonchev–Trinajstić information content (AvgIpc) is 2.27. The maximum atomic E-state index is 12.4. The number of nitrogens with zero attached hydrogens (tertiary/aromatic N) is 1. The summed E-state index contributed by atoms with van der Waals surface area (Å²) in [6, 6.07) is -0.765. The van der Waals surface area contributed by atoms with Crippen molar-refractivity contribution >= 4 is 30.8 Å². The molecule has 1 atom stereocenters. The molecule has 0 fully saturated rings. The van der Waals surface area contributed by atoms with Crippen LogP contribution >= 0.6 is 19.8 Å². The number of rotatable bonds is 9. The van der Waals surface area contributed by atoms with Crippen LogP contribution in [-0.2, 0) is 18.4 Å². The second kappa shape index (κ2) is 8.72. The third kappa shape index (κ3) is 5.87. The molecule has 0 aliphatic rings. The highest BCUT2D eigenvalue weighted by atomic mass is 32.1. The Labute approximate surface area is 126 Å². The topological polar surface area (TPSA) is 76.1 Å². The van der Waals surface area contributed by atoms with E-state index in [1.807, 2.05) is 0 Å². The van der Waals surface area contributed by atoms with E-state index >= 15 is 0 Å². The lowest BCUT2D eigenvalue weighted by Crippen LogP contribution is -2.46. The summed E-state index contributed by atoms with van der Waals surface area (Å²) in [7, 11) is -1.72. The number of thiocarbonyl (C=S) groups is 1. The molecule has 118 valence electrons. The Balaban J connectivity index is 4.96. The fourth-order valence-corrected chi connectivity index (χ4v) is 4.04. The third-order valence-corrected chi connectivity index (χ3v) is 5.31. The monoisotopic (exact) mass is 325 g/mol. The molecular formula is C12H24NO5PS. The standard InChI is InChI=1S/C12H24NO5PS/c1-6-17-19(16,18-7-2)8-10(20)13(5)11(9(3)4)12(14)15/h9,11H,6-8H2,1-5H3,(H,14,15). The van der Waals surface area contributed by atoms with E-state index in [0.717, 1.165) is 0 Å². The van der Waals surface area contributed by atoms with Gasteiger partial charge in [-0.05, 0) is 19.8 Å². The number of likely N-dealkylation sites (N-methyl/N-ethyl adjacent to an activating group) is 1. The van der Waals surface area contributed by atoms with Gasteiger partial charge >= 0.3 is 13.6 Å². The molecule has 0 aromatic rings. The highest BCUT2D eigenvalue weighted by molar-refractivity contribution is 7.81. The van der Waals surface area contributed by atoms with Gasteiger partial charge in [-0.15, -0.1) is 0 Å². The summed E-state index contributed by atoms with van der Waals surface area (Å²) in [4.78, 5) is 13.0. The van der Waals surface area contributed by atoms with E-state index in [1.165, 1.54) is 4.90 Å². The summed E-state index contributed by atoms with van der Waals surface area (Å²) in [5, 5.41) is 9.24. The van der Waals surface area contributed by atoms with Gasteiger partial charge in [0.05, 0.1) is 18.2 Å². The van der Waals surface area contributed by atoms with Gasteiger partial charge in [0.2, 0.25) is 0 Å². The first kappa shape index (κ1) is 19.5. The summed E-state index contributed by atoms with van der Waals surface area (Å²) < 4.78 is 22.7.